The Labute approximate surface area is 148 Å². The zero-order valence-corrected chi connectivity index (χ0v) is 14.2. The second-order valence-electron chi connectivity index (χ2n) is 5.49. The SMILES string of the molecule is Cc1cc(Cl)ccc1OCCCC(=O)Nc1cccc(C(F)(F)F)c1. The van der Waals surface area contributed by atoms with Crippen LogP contribution in [-0.2, 0) is 11.0 Å². The summed E-state index contributed by atoms with van der Waals surface area (Å²) >= 11 is 5.86. The number of aryl methyl sites for hydroxylation is 1. The van der Waals surface area contributed by atoms with E-state index >= 15 is 0 Å². The van der Waals surface area contributed by atoms with E-state index < -0.39 is 11.7 Å². The predicted octanol–water partition coefficient (Wildman–Crippen LogP) is 5.46. The molecule has 7 heteroatoms. The Morgan fingerprint density at radius 1 is 1.20 bits per heavy atom. The van der Waals surface area contributed by atoms with E-state index in [1.165, 1.54) is 12.1 Å². The quantitative estimate of drug-likeness (QED) is 0.684. The second kappa shape index (κ2) is 8.25. The zero-order chi connectivity index (χ0) is 18.4. The molecule has 0 fully saturated rings. The normalized spacial score (nSPS) is 11.2. The highest BCUT2D eigenvalue weighted by molar-refractivity contribution is 6.30. The van der Waals surface area contributed by atoms with Crippen molar-refractivity contribution in [1.29, 1.82) is 0 Å². The van der Waals surface area contributed by atoms with Crippen LogP contribution in [0.3, 0.4) is 0 Å². The fourth-order valence-electron chi connectivity index (χ4n) is 2.19. The van der Waals surface area contributed by atoms with Gasteiger partial charge in [-0.15, -0.1) is 0 Å². The van der Waals surface area contributed by atoms with Gasteiger partial charge < -0.3 is 10.1 Å². The number of alkyl halides is 3. The second-order valence-corrected chi connectivity index (χ2v) is 5.93. The number of ether oxygens (including phenoxy) is 1. The summed E-state index contributed by atoms with van der Waals surface area (Å²) in [5.41, 5.74) is 0.210. The lowest BCUT2D eigenvalue weighted by Crippen LogP contribution is -2.14. The van der Waals surface area contributed by atoms with Gasteiger partial charge in [0, 0.05) is 17.1 Å². The average Bonchev–Trinajstić information content (AvgIpc) is 2.52. The summed E-state index contributed by atoms with van der Waals surface area (Å²) in [5, 5.41) is 3.08. The molecule has 0 aliphatic rings. The molecule has 0 aliphatic heterocycles. The lowest BCUT2D eigenvalue weighted by atomic mass is 10.2. The number of amides is 1. The van der Waals surface area contributed by atoms with Crippen molar-refractivity contribution in [3.8, 4) is 5.75 Å². The molecule has 25 heavy (non-hydrogen) atoms. The average molecular weight is 372 g/mol. The molecule has 1 amide bonds. The summed E-state index contributed by atoms with van der Waals surface area (Å²) in [4.78, 5) is 11.8. The van der Waals surface area contributed by atoms with Crippen molar-refractivity contribution in [1.82, 2.24) is 0 Å². The Hall–Kier alpha value is -2.21. The van der Waals surface area contributed by atoms with Gasteiger partial charge in [0.15, 0.2) is 0 Å². The lowest BCUT2D eigenvalue weighted by Gasteiger charge is -2.11. The van der Waals surface area contributed by atoms with Crippen LogP contribution in [0.1, 0.15) is 24.0 Å². The summed E-state index contributed by atoms with van der Waals surface area (Å²) in [5.74, 6) is 0.318. The van der Waals surface area contributed by atoms with E-state index in [1.54, 1.807) is 18.2 Å². The van der Waals surface area contributed by atoms with Crippen LogP contribution in [0.15, 0.2) is 42.5 Å². The van der Waals surface area contributed by atoms with Crippen molar-refractivity contribution >= 4 is 23.2 Å². The summed E-state index contributed by atoms with van der Waals surface area (Å²) in [6.45, 7) is 2.18. The molecule has 0 saturated heterocycles. The zero-order valence-electron chi connectivity index (χ0n) is 13.5. The first-order valence-electron chi connectivity index (χ1n) is 7.62. The summed E-state index contributed by atoms with van der Waals surface area (Å²) in [6.07, 6.45) is -3.86. The molecule has 2 aromatic rings. The van der Waals surface area contributed by atoms with Crippen LogP contribution >= 0.6 is 11.6 Å². The fourth-order valence-corrected chi connectivity index (χ4v) is 2.41. The molecule has 0 aromatic heterocycles. The van der Waals surface area contributed by atoms with Gasteiger partial charge in [-0.05, 0) is 55.3 Å². The molecule has 2 aromatic carbocycles. The topological polar surface area (TPSA) is 38.3 Å². The van der Waals surface area contributed by atoms with Crippen LogP contribution < -0.4 is 10.1 Å². The first-order valence-corrected chi connectivity index (χ1v) is 7.99. The third kappa shape index (κ3) is 5.98. The number of nitrogens with one attached hydrogen (secondary N) is 1. The Bertz CT molecular complexity index is 747. The Morgan fingerprint density at radius 3 is 2.64 bits per heavy atom. The number of rotatable bonds is 6. The number of carbonyl (C=O) groups is 1. The number of hydrogen-bond acceptors (Lipinski definition) is 2. The van der Waals surface area contributed by atoms with E-state index in [4.69, 9.17) is 16.3 Å². The van der Waals surface area contributed by atoms with Gasteiger partial charge in [-0.25, -0.2) is 0 Å². The van der Waals surface area contributed by atoms with E-state index in [2.05, 4.69) is 5.32 Å². The van der Waals surface area contributed by atoms with Crippen molar-refractivity contribution in [3.63, 3.8) is 0 Å². The first-order chi connectivity index (χ1) is 11.8. The molecule has 0 radical (unpaired) electrons. The van der Waals surface area contributed by atoms with Crippen molar-refractivity contribution in [2.24, 2.45) is 0 Å². The maximum atomic E-state index is 12.6. The van der Waals surface area contributed by atoms with Crippen LogP contribution in [0.4, 0.5) is 18.9 Å². The molecule has 0 spiro atoms. The van der Waals surface area contributed by atoms with Gasteiger partial charge >= 0.3 is 6.18 Å². The Balaban J connectivity index is 1.79. The van der Waals surface area contributed by atoms with Crippen LogP contribution in [0.25, 0.3) is 0 Å². The van der Waals surface area contributed by atoms with Crippen molar-refractivity contribution in [2.75, 3.05) is 11.9 Å². The standard InChI is InChI=1S/C18H17ClF3NO2/c1-12-10-14(19)7-8-16(12)25-9-3-6-17(24)23-15-5-2-4-13(11-15)18(20,21)22/h2,4-5,7-8,10-11H,3,6,9H2,1H3,(H,23,24). The fraction of sp³-hybridized carbons (Fsp3) is 0.278. The maximum absolute atomic E-state index is 12.6. The number of benzene rings is 2. The number of halogens is 4. The van der Waals surface area contributed by atoms with Gasteiger partial charge in [-0.1, -0.05) is 17.7 Å². The van der Waals surface area contributed by atoms with Gasteiger partial charge in [-0.3, -0.25) is 4.79 Å². The molecular formula is C18H17ClF3NO2. The van der Waals surface area contributed by atoms with E-state index in [9.17, 15) is 18.0 Å². The minimum atomic E-state index is -4.44. The van der Waals surface area contributed by atoms with E-state index in [0.717, 1.165) is 17.7 Å². The van der Waals surface area contributed by atoms with Gasteiger partial charge in [0.05, 0.1) is 12.2 Å². The largest absolute Gasteiger partial charge is 0.493 e. The minimum absolute atomic E-state index is 0.120. The lowest BCUT2D eigenvalue weighted by molar-refractivity contribution is -0.137. The van der Waals surface area contributed by atoms with Crippen LogP contribution in [0.2, 0.25) is 5.02 Å². The van der Waals surface area contributed by atoms with Crippen molar-refractivity contribution in [3.05, 3.63) is 58.6 Å². The third-order valence-electron chi connectivity index (χ3n) is 3.42. The highest BCUT2D eigenvalue weighted by atomic mass is 35.5. The Morgan fingerprint density at radius 2 is 1.96 bits per heavy atom. The van der Waals surface area contributed by atoms with E-state index in [0.29, 0.717) is 23.8 Å². The maximum Gasteiger partial charge on any atom is 0.416 e. The smallest absolute Gasteiger partial charge is 0.416 e. The molecular weight excluding hydrogens is 355 g/mol. The molecule has 0 unspecified atom stereocenters. The summed E-state index contributed by atoms with van der Waals surface area (Å²) in [6, 6.07) is 9.77. The van der Waals surface area contributed by atoms with Gasteiger partial charge in [0.25, 0.3) is 0 Å². The number of hydrogen-bond donors (Lipinski definition) is 1. The van der Waals surface area contributed by atoms with E-state index in [1.807, 2.05) is 6.92 Å². The molecule has 0 aliphatic carbocycles. The molecule has 3 nitrogen and oxygen atoms in total. The summed E-state index contributed by atoms with van der Waals surface area (Å²) < 4.78 is 43.5. The monoisotopic (exact) mass is 371 g/mol. The number of carbonyl (C=O) groups excluding carboxylic acids is 1. The number of anilines is 1. The predicted molar refractivity (Wildman–Crippen MR) is 91.0 cm³/mol. The summed E-state index contributed by atoms with van der Waals surface area (Å²) in [7, 11) is 0. The van der Waals surface area contributed by atoms with E-state index in [-0.39, 0.29) is 18.0 Å². The van der Waals surface area contributed by atoms with Crippen LogP contribution in [0.5, 0.6) is 5.75 Å². The molecule has 2 rings (SSSR count). The van der Waals surface area contributed by atoms with Crippen molar-refractivity contribution < 1.29 is 22.7 Å². The molecule has 134 valence electrons. The van der Waals surface area contributed by atoms with Gasteiger partial charge in [-0.2, -0.15) is 13.2 Å². The van der Waals surface area contributed by atoms with Crippen LogP contribution in [-0.4, -0.2) is 12.5 Å². The molecule has 0 atom stereocenters. The Kier molecular flexibility index (Phi) is 6.31. The minimum Gasteiger partial charge on any atom is -0.493 e. The first kappa shape index (κ1) is 19.1. The third-order valence-corrected chi connectivity index (χ3v) is 3.65. The molecule has 0 bridgehead atoms. The van der Waals surface area contributed by atoms with Gasteiger partial charge in [0.1, 0.15) is 5.75 Å². The molecule has 0 heterocycles. The van der Waals surface area contributed by atoms with Gasteiger partial charge in [0.2, 0.25) is 5.91 Å². The highest BCUT2D eigenvalue weighted by Gasteiger charge is 2.30. The van der Waals surface area contributed by atoms with Crippen molar-refractivity contribution in [2.45, 2.75) is 25.9 Å². The van der Waals surface area contributed by atoms with Crippen LogP contribution in [0, 0.1) is 6.92 Å². The highest BCUT2D eigenvalue weighted by Crippen LogP contribution is 2.30. The molecule has 0 saturated carbocycles. The molecule has 1 N–H and O–H groups in total.